The third kappa shape index (κ3) is 5.04. The highest BCUT2D eigenvalue weighted by atomic mass is 35.5. The lowest BCUT2D eigenvalue weighted by Crippen LogP contribution is -2.42. The van der Waals surface area contributed by atoms with Crippen molar-refractivity contribution in [2.24, 2.45) is 7.05 Å². The number of aromatic nitrogens is 2. The number of methoxy groups -OCH3 is 1. The van der Waals surface area contributed by atoms with Gasteiger partial charge in [-0.15, -0.1) is 5.10 Å². The van der Waals surface area contributed by atoms with Gasteiger partial charge < -0.3 is 20.3 Å². The molecule has 1 aliphatic carbocycles. The molecule has 1 saturated carbocycles. The van der Waals surface area contributed by atoms with Gasteiger partial charge in [0, 0.05) is 47.6 Å². The van der Waals surface area contributed by atoms with Gasteiger partial charge in [-0.1, -0.05) is 11.6 Å². The summed E-state index contributed by atoms with van der Waals surface area (Å²) in [4.78, 5) is 15.6. The number of nitrogens with zero attached hydrogens (tertiary/aromatic N) is 3. The van der Waals surface area contributed by atoms with E-state index in [4.69, 9.17) is 16.3 Å². The highest BCUT2D eigenvalue weighted by molar-refractivity contribution is 6.31. The fraction of sp³-hybridized carbons (Fsp3) is 0.583. The molecule has 1 fully saturated rings. The number of benzene rings is 1. The van der Waals surface area contributed by atoms with E-state index in [0.717, 1.165) is 54.7 Å². The van der Waals surface area contributed by atoms with Crippen LogP contribution in [0.5, 0.6) is 5.88 Å². The maximum Gasteiger partial charge on any atom is 0.251 e. The highest BCUT2D eigenvalue weighted by Crippen LogP contribution is 2.33. The molecule has 0 radical (unpaired) electrons. The summed E-state index contributed by atoms with van der Waals surface area (Å²) in [7, 11) is 5.49. The minimum atomic E-state index is -0.147. The first-order valence-corrected chi connectivity index (χ1v) is 11.8. The molecule has 32 heavy (non-hydrogen) atoms. The molecule has 1 amide bonds. The molecular formula is C24H36ClN5O2. The fourth-order valence-electron chi connectivity index (χ4n) is 4.75. The first-order valence-electron chi connectivity index (χ1n) is 11.4. The number of hydrogen-bond acceptors (Lipinski definition) is 5. The topological polar surface area (TPSA) is 71.4 Å². The third-order valence-corrected chi connectivity index (χ3v) is 7.04. The van der Waals surface area contributed by atoms with Crippen LogP contribution in [0.25, 0.3) is 0 Å². The lowest BCUT2D eigenvalue weighted by Gasteiger charge is -2.39. The predicted octanol–water partition coefficient (Wildman–Crippen LogP) is 3.99. The second-order valence-electron chi connectivity index (χ2n) is 8.56. The van der Waals surface area contributed by atoms with Gasteiger partial charge in [-0.2, -0.15) is 0 Å². The Morgan fingerprint density at radius 1 is 1.28 bits per heavy atom. The Morgan fingerprint density at radius 3 is 2.56 bits per heavy atom. The molecule has 7 nitrogen and oxygen atoms in total. The molecule has 1 aliphatic rings. The molecule has 176 valence electrons. The van der Waals surface area contributed by atoms with Crippen LogP contribution in [0.15, 0.2) is 12.1 Å². The summed E-state index contributed by atoms with van der Waals surface area (Å²) in [6, 6.07) is 4.81. The number of ether oxygens (including phenoxy) is 1. The zero-order valence-corrected chi connectivity index (χ0v) is 20.8. The number of anilines is 1. The van der Waals surface area contributed by atoms with Crippen molar-refractivity contribution in [3.8, 4) is 5.88 Å². The summed E-state index contributed by atoms with van der Waals surface area (Å²) in [5, 5.41) is 11.3. The Hall–Kier alpha value is -2.25. The van der Waals surface area contributed by atoms with Crippen molar-refractivity contribution in [1.82, 2.24) is 20.4 Å². The van der Waals surface area contributed by atoms with Crippen molar-refractivity contribution in [2.45, 2.75) is 65.1 Å². The number of carbonyl (C=O) groups excluding carboxylic acids is 1. The molecule has 8 heteroatoms. The van der Waals surface area contributed by atoms with Gasteiger partial charge in [0.15, 0.2) is 0 Å². The lowest BCUT2D eigenvalue weighted by molar-refractivity contribution is 0.0950. The molecule has 0 saturated heterocycles. The van der Waals surface area contributed by atoms with Crippen molar-refractivity contribution in [1.29, 1.82) is 0 Å². The molecular weight excluding hydrogens is 426 g/mol. The summed E-state index contributed by atoms with van der Waals surface area (Å²) < 4.78 is 7.12. The summed E-state index contributed by atoms with van der Waals surface area (Å²) in [5.41, 5.74) is 4.45. The van der Waals surface area contributed by atoms with Crippen LogP contribution in [0, 0.1) is 13.8 Å². The van der Waals surface area contributed by atoms with E-state index in [-0.39, 0.29) is 5.91 Å². The van der Waals surface area contributed by atoms with E-state index in [9.17, 15) is 4.79 Å². The first-order chi connectivity index (χ1) is 15.3. The minimum Gasteiger partial charge on any atom is -0.480 e. The van der Waals surface area contributed by atoms with Gasteiger partial charge in [0.1, 0.15) is 0 Å². The van der Waals surface area contributed by atoms with E-state index in [1.165, 1.54) is 0 Å². The van der Waals surface area contributed by atoms with E-state index in [1.807, 2.05) is 34.0 Å². The summed E-state index contributed by atoms with van der Waals surface area (Å²) in [6.07, 6.45) is 4.59. The minimum absolute atomic E-state index is 0.147. The number of rotatable bonds is 8. The second-order valence-corrected chi connectivity index (χ2v) is 8.99. The number of amides is 1. The van der Waals surface area contributed by atoms with Crippen molar-refractivity contribution in [3.05, 3.63) is 39.5 Å². The summed E-state index contributed by atoms with van der Waals surface area (Å²) in [5.74, 6) is 0.384. The number of nitrogens with one attached hydrogen (secondary N) is 2. The average molecular weight is 462 g/mol. The van der Waals surface area contributed by atoms with Crippen molar-refractivity contribution < 1.29 is 9.53 Å². The maximum absolute atomic E-state index is 13.2. The monoisotopic (exact) mass is 461 g/mol. The Kier molecular flexibility index (Phi) is 8.06. The SMILES string of the molecule is CCN(c1cc(Cl)cc(C(=O)NCc2c(OC)nn(C)c2C)c1C)[C@H]1CC[C@H](NC)CC1. The first kappa shape index (κ1) is 24.4. The van der Waals surface area contributed by atoms with Gasteiger partial charge >= 0.3 is 0 Å². The van der Waals surface area contributed by atoms with Gasteiger partial charge in [0.25, 0.3) is 5.91 Å². The van der Waals surface area contributed by atoms with Gasteiger partial charge in [0.2, 0.25) is 5.88 Å². The summed E-state index contributed by atoms with van der Waals surface area (Å²) in [6.45, 7) is 7.36. The molecule has 0 spiro atoms. The van der Waals surface area contributed by atoms with Crippen LogP contribution in [0.4, 0.5) is 5.69 Å². The molecule has 0 bridgehead atoms. The van der Waals surface area contributed by atoms with E-state index in [1.54, 1.807) is 17.9 Å². The Labute approximate surface area is 196 Å². The van der Waals surface area contributed by atoms with Crippen LogP contribution in [0.2, 0.25) is 5.02 Å². The smallest absolute Gasteiger partial charge is 0.251 e. The number of halogens is 1. The maximum atomic E-state index is 13.2. The zero-order valence-electron chi connectivity index (χ0n) is 20.1. The normalized spacial score (nSPS) is 18.5. The molecule has 2 N–H and O–H groups in total. The van der Waals surface area contributed by atoms with Crippen molar-refractivity contribution >= 4 is 23.2 Å². The van der Waals surface area contributed by atoms with Gasteiger partial charge in [-0.3, -0.25) is 9.48 Å². The molecule has 2 aromatic rings. The van der Waals surface area contributed by atoms with E-state index in [2.05, 4.69) is 27.6 Å². The quantitative estimate of drug-likeness (QED) is 0.622. The van der Waals surface area contributed by atoms with Gasteiger partial charge in [-0.25, -0.2) is 0 Å². The van der Waals surface area contributed by atoms with Crippen LogP contribution in [-0.2, 0) is 13.6 Å². The number of carbonyl (C=O) groups is 1. The van der Waals surface area contributed by atoms with E-state index in [0.29, 0.717) is 35.1 Å². The van der Waals surface area contributed by atoms with Crippen LogP contribution >= 0.6 is 11.6 Å². The molecule has 0 unspecified atom stereocenters. The number of hydrogen-bond donors (Lipinski definition) is 2. The molecule has 1 heterocycles. The standard InChI is InChI=1S/C24H36ClN5O2/c1-7-30(19-10-8-18(26-4)9-11-19)22-13-17(25)12-20(15(22)2)23(31)27-14-21-16(3)29(5)28-24(21)32-6/h12-13,18-19,26H,7-11,14H2,1-6H3,(H,27,31)/t18-,19-. The molecule has 3 rings (SSSR count). The Bertz CT molecular complexity index is 950. The highest BCUT2D eigenvalue weighted by Gasteiger charge is 2.27. The Morgan fingerprint density at radius 2 is 1.97 bits per heavy atom. The van der Waals surface area contributed by atoms with Gasteiger partial charge in [0.05, 0.1) is 19.2 Å². The van der Waals surface area contributed by atoms with Crippen LogP contribution < -0.4 is 20.3 Å². The fourth-order valence-corrected chi connectivity index (χ4v) is 4.97. The van der Waals surface area contributed by atoms with Gasteiger partial charge in [-0.05, 0) is 71.2 Å². The number of aryl methyl sites for hydroxylation is 1. The zero-order chi connectivity index (χ0) is 23.4. The van der Waals surface area contributed by atoms with Crippen LogP contribution in [-0.4, -0.2) is 48.5 Å². The van der Waals surface area contributed by atoms with Crippen LogP contribution in [0.3, 0.4) is 0 Å². The van der Waals surface area contributed by atoms with E-state index >= 15 is 0 Å². The lowest BCUT2D eigenvalue weighted by atomic mass is 9.89. The largest absolute Gasteiger partial charge is 0.480 e. The Balaban J connectivity index is 1.81. The second kappa shape index (κ2) is 10.6. The molecule has 0 atom stereocenters. The molecule has 1 aromatic carbocycles. The van der Waals surface area contributed by atoms with Crippen LogP contribution in [0.1, 0.15) is 59.8 Å². The molecule has 1 aromatic heterocycles. The third-order valence-electron chi connectivity index (χ3n) is 6.83. The van der Waals surface area contributed by atoms with E-state index < -0.39 is 0 Å². The summed E-state index contributed by atoms with van der Waals surface area (Å²) >= 11 is 6.50. The predicted molar refractivity (Wildman–Crippen MR) is 130 cm³/mol. The van der Waals surface area contributed by atoms with Crippen molar-refractivity contribution in [2.75, 3.05) is 25.6 Å². The molecule has 0 aliphatic heterocycles. The average Bonchev–Trinajstić information content (AvgIpc) is 3.07. The van der Waals surface area contributed by atoms with Crippen molar-refractivity contribution in [3.63, 3.8) is 0 Å².